The largest absolute Gasteiger partial charge is 0.493 e. The van der Waals surface area contributed by atoms with Gasteiger partial charge in [-0.1, -0.05) is 11.6 Å². The van der Waals surface area contributed by atoms with Crippen molar-refractivity contribution in [3.05, 3.63) is 35.4 Å². The van der Waals surface area contributed by atoms with Gasteiger partial charge in [-0.3, -0.25) is 9.59 Å². The number of rotatable bonds is 11. The molecule has 0 saturated heterocycles. The van der Waals surface area contributed by atoms with Crippen molar-refractivity contribution in [3.8, 4) is 23.0 Å². The number of hydrogen-bond donors (Lipinski definition) is 1. The smallest absolute Gasteiger partial charge is 0.258 e. The van der Waals surface area contributed by atoms with Gasteiger partial charge in [-0.2, -0.15) is 10.2 Å². The van der Waals surface area contributed by atoms with Crippen LogP contribution in [0.3, 0.4) is 0 Å². The minimum Gasteiger partial charge on any atom is -0.493 e. The van der Waals surface area contributed by atoms with Crippen LogP contribution >= 0.6 is 11.6 Å². The van der Waals surface area contributed by atoms with Crippen LogP contribution in [-0.2, 0) is 9.59 Å². The molecule has 1 unspecified atom stereocenters. The van der Waals surface area contributed by atoms with Gasteiger partial charge in [0.25, 0.3) is 5.91 Å². The number of nitrogens with one attached hydrogen (secondary N) is 1. The molecule has 0 fully saturated rings. The highest BCUT2D eigenvalue weighted by atomic mass is 35.5. The molecule has 0 bridgehead atoms. The topological polar surface area (TPSA) is 108 Å². The second-order valence-corrected chi connectivity index (χ2v) is 6.82. The third kappa shape index (κ3) is 6.34. The first-order valence-electron chi connectivity index (χ1n) is 9.87. The number of carbonyl (C=O) groups excluding carboxylic acids is 2. The summed E-state index contributed by atoms with van der Waals surface area (Å²) in [5.41, 5.74) is 0.726. The van der Waals surface area contributed by atoms with Crippen LogP contribution in [0.25, 0.3) is 0 Å². The highest BCUT2D eigenvalue weighted by Gasteiger charge is 2.24. The Morgan fingerprint density at radius 2 is 1.69 bits per heavy atom. The van der Waals surface area contributed by atoms with Gasteiger partial charge in [-0.25, -0.2) is 0 Å². The predicted molar refractivity (Wildman–Crippen MR) is 121 cm³/mol. The summed E-state index contributed by atoms with van der Waals surface area (Å²) in [6, 6.07) is 6.62. The van der Waals surface area contributed by atoms with Gasteiger partial charge in [0.2, 0.25) is 6.04 Å². The maximum Gasteiger partial charge on any atom is 0.258 e. The minimum absolute atomic E-state index is 0.237. The van der Waals surface area contributed by atoms with Gasteiger partial charge in [0, 0.05) is 17.8 Å². The van der Waals surface area contributed by atoms with Gasteiger partial charge >= 0.3 is 0 Å². The predicted octanol–water partition coefficient (Wildman–Crippen LogP) is 4.83. The van der Waals surface area contributed by atoms with Gasteiger partial charge < -0.3 is 24.3 Å². The van der Waals surface area contributed by atoms with E-state index in [1.54, 1.807) is 18.2 Å². The van der Waals surface area contributed by atoms with E-state index in [-0.39, 0.29) is 5.02 Å². The van der Waals surface area contributed by atoms with Crippen LogP contribution in [-0.4, -0.2) is 45.2 Å². The number of ketones is 1. The van der Waals surface area contributed by atoms with E-state index < -0.39 is 17.7 Å². The standard InChI is InChI=1S/C22H26ClN3O6/c1-6-31-17-9-8-14(11-18(17)32-7-2)25-26-20(13(3)27)22(28)24-15-10-16(23)21(30-5)19(12-15)29-4/h8-12,20H,6-7H2,1-5H3,(H,24,28). The van der Waals surface area contributed by atoms with E-state index in [0.29, 0.717) is 47.6 Å². The fourth-order valence-corrected chi connectivity index (χ4v) is 3.03. The lowest BCUT2D eigenvalue weighted by molar-refractivity contribution is -0.126. The maximum atomic E-state index is 12.7. The Morgan fingerprint density at radius 1 is 1.00 bits per heavy atom. The van der Waals surface area contributed by atoms with Crippen molar-refractivity contribution in [2.75, 3.05) is 32.8 Å². The summed E-state index contributed by atoms with van der Waals surface area (Å²) < 4.78 is 21.5. The summed E-state index contributed by atoms with van der Waals surface area (Å²) >= 11 is 6.17. The van der Waals surface area contributed by atoms with Crippen LogP contribution in [0, 0.1) is 0 Å². The number of anilines is 1. The van der Waals surface area contributed by atoms with Crippen LogP contribution in [0.5, 0.6) is 23.0 Å². The molecule has 0 aliphatic carbocycles. The summed E-state index contributed by atoms with van der Waals surface area (Å²) in [6.45, 7) is 5.89. The number of hydrogen-bond acceptors (Lipinski definition) is 8. The lowest BCUT2D eigenvalue weighted by atomic mass is 10.2. The molecular weight excluding hydrogens is 438 g/mol. The highest BCUT2D eigenvalue weighted by molar-refractivity contribution is 6.32. The number of amides is 1. The lowest BCUT2D eigenvalue weighted by Crippen LogP contribution is -2.31. The molecule has 2 rings (SSSR count). The summed E-state index contributed by atoms with van der Waals surface area (Å²) in [4.78, 5) is 24.8. The molecule has 32 heavy (non-hydrogen) atoms. The number of nitrogens with zero attached hydrogens (tertiary/aromatic N) is 2. The number of Topliss-reactive ketones (excluding diaryl/α,β-unsaturated/α-hetero) is 1. The number of benzene rings is 2. The number of carbonyl (C=O) groups is 2. The number of methoxy groups -OCH3 is 2. The Morgan fingerprint density at radius 3 is 2.28 bits per heavy atom. The molecule has 1 atom stereocenters. The molecule has 2 aromatic carbocycles. The minimum atomic E-state index is -1.36. The van der Waals surface area contributed by atoms with Crippen molar-refractivity contribution < 1.29 is 28.5 Å². The van der Waals surface area contributed by atoms with Crippen molar-refractivity contribution in [2.24, 2.45) is 10.2 Å². The quantitative estimate of drug-likeness (QED) is 0.377. The molecule has 172 valence electrons. The van der Waals surface area contributed by atoms with Crippen molar-refractivity contribution >= 4 is 34.7 Å². The molecule has 0 saturated carbocycles. The van der Waals surface area contributed by atoms with E-state index in [1.807, 2.05) is 13.8 Å². The second-order valence-electron chi connectivity index (χ2n) is 6.41. The molecular formula is C22H26ClN3O6. The van der Waals surface area contributed by atoms with Crippen LogP contribution in [0.1, 0.15) is 20.8 Å². The van der Waals surface area contributed by atoms with Gasteiger partial charge in [-0.15, -0.1) is 0 Å². The van der Waals surface area contributed by atoms with E-state index in [1.165, 1.54) is 33.3 Å². The van der Waals surface area contributed by atoms with Crippen molar-refractivity contribution in [3.63, 3.8) is 0 Å². The average Bonchev–Trinajstić information content (AvgIpc) is 2.75. The Bertz CT molecular complexity index is 996. The monoisotopic (exact) mass is 463 g/mol. The number of azo groups is 1. The molecule has 0 aromatic heterocycles. The Balaban J connectivity index is 2.24. The fourth-order valence-electron chi connectivity index (χ4n) is 2.75. The Kier molecular flexibility index (Phi) is 9.27. The summed E-state index contributed by atoms with van der Waals surface area (Å²) in [7, 11) is 2.89. The van der Waals surface area contributed by atoms with Crippen molar-refractivity contribution in [1.82, 2.24) is 0 Å². The molecule has 0 aliphatic rings. The zero-order valence-corrected chi connectivity index (χ0v) is 19.4. The van der Waals surface area contributed by atoms with Crippen molar-refractivity contribution in [2.45, 2.75) is 26.8 Å². The molecule has 0 heterocycles. The van der Waals surface area contributed by atoms with Gasteiger partial charge in [0.1, 0.15) is 0 Å². The molecule has 9 nitrogen and oxygen atoms in total. The van der Waals surface area contributed by atoms with Gasteiger partial charge in [0.05, 0.1) is 38.1 Å². The third-order valence-electron chi connectivity index (χ3n) is 4.15. The third-order valence-corrected chi connectivity index (χ3v) is 4.43. The lowest BCUT2D eigenvalue weighted by Gasteiger charge is -2.14. The van der Waals surface area contributed by atoms with E-state index in [9.17, 15) is 9.59 Å². The average molecular weight is 464 g/mol. The van der Waals surface area contributed by atoms with E-state index >= 15 is 0 Å². The van der Waals surface area contributed by atoms with Crippen molar-refractivity contribution in [1.29, 1.82) is 0 Å². The Hall–Kier alpha value is -3.33. The Labute approximate surface area is 191 Å². The SMILES string of the molecule is CCOc1ccc(N=NC(C(C)=O)C(=O)Nc2cc(Cl)c(OC)c(OC)c2)cc1OCC. The second kappa shape index (κ2) is 11.9. The van der Waals surface area contributed by atoms with E-state index in [0.717, 1.165) is 0 Å². The first kappa shape index (κ1) is 24.9. The highest BCUT2D eigenvalue weighted by Crippen LogP contribution is 2.38. The number of ether oxygens (including phenoxy) is 4. The maximum absolute atomic E-state index is 12.7. The zero-order valence-electron chi connectivity index (χ0n) is 18.6. The van der Waals surface area contributed by atoms with Crippen LogP contribution in [0.2, 0.25) is 5.02 Å². The molecule has 0 radical (unpaired) electrons. The molecule has 1 N–H and O–H groups in total. The summed E-state index contributed by atoms with van der Waals surface area (Å²) in [5, 5.41) is 10.8. The molecule has 10 heteroatoms. The van der Waals surface area contributed by atoms with E-state index in [2.05, 4.69) is 15.5 Å². The van der Waals surface area contributed by atoms with Gasteiger partial charge in [-0.05, 0) is 39.0 Å². The number of halogens is 1. The van der Waals surface area contributed by atoms with Crippen LogP contribution in [0.15, 0.2) is 40.6 Å². The molecule has 2 aromatic rings. The molecule has 1 amide bonds. The van der Waals surface area contributed by atoms with Gasteiger partial charge in [0.15, 0.2) is 28.8 Å². The first-order chi connectivity index (χ1) is 15.3. The van der Waals surface area contributed by atoms with Crippen LogP contribution in [0.4, 0.5) is 11.4 Å². The normalized spacial score (nSPS) is 11.7. The molecule has 0 spiro atoms. The summed E-state index contributed by atoms with van der Waals surface area (Å²) in [5.74, 6) is 0.577. The summed E-state index contributed by atoms with van der Waals surface area (Å²) in [6.07, 6.45) is 0. The zero-order chi connectivity index (χ0) is 23.7. The molecule has 0 aliphatic heterocycles. The fraction of sp³-hybridized carbons (Fsp3) is 0.364. The van der Waals surface area contributed by atoms with Crippen LogP contribution < -0.4 is 24.3 Å². The van der Waals surface area contributed by atoms with E-state index in [4.69, 9.17) is 30.5 Å². The first-order valence-corrected chi connectivity index (χ1v) is 10.3.